The minimum absolute atomic E-state index is 0.202. The Morgan fingerprint density at radius 1 is 1.29 bits per heavy atom. The molecule has 3 heteroatoms. The minimum atomic E-state index is -0.202. The molecular weight excluding hydrogens is 281 g/mol. The maximum atomic E-state index is 13.0. The van der Waals surface area contributed by atoms with Gasteiger partial charge in [-0.1, -0.05) is 13.8 Å². The number of hydrogen-bond donors (Lipinski definition) is 1. The number of nitrogens with one attached hydrogen (secondary N) is 1. The van der Waals surface area contributed by atoms with E-state index >= 15 is 0 Å². The van der Waals surface area contributed by atoms with E-state index in [0.717, 1.165) is 10.2 Å². The van der Waals surface area contributed by atoms with Crippen molar-refractivity contribution in [3.8, 4) is 0 Å². The van der Waals surface area contributed by atoms with Crippen LogP contribution in [0.25, 0.3) is 0 Å². The lowest BCUT2D eigenvalue weighted by atomic mass is 9.75. The Balaban J connectivity index is 1.98. The van der Waals surface area contributed by atoms with Crippen LogP contribution in [0, 0.1) is 11.2 Å². The molecule has 0 saturated heterocycles. The van der Waals surface area contributed by atoms with Crippen LogP contribution in [-0.4, -0.2) is 6.04 Å². The molecule has 1 aliphatic carbocycles. The van der Waals surface area contributed by atoms with Crippen molar-refractivity contribution in [2.75, 3.05) is 5.32 Å². The van der Waals surface area contributed by atoms with Gasteiger partial charge < -0.3 is 5.32 Å². The molecule has 1 N–H and O–H groups in total. The fourth-order valence-electron chi connectivity index (χ4n) is 2.37. The monoisotopic (exact) mass is 299 g/mol. The van der Waals surface area contributed by atoms with Crippen molar-refractivity contribution in [2.45, 2.75) is 45.6 Å². The van der Waals surface area contributed by atoms with E-state index in [1.807, 2.05) is 0 Å². The topological polar surface area (TPSA) is 12.0 Å². The van der Waals surface area contributed by atoms with Gasteiger partial charge in [0.1, 0.15) is 5.82 Å². The molecule has 0 spiro atoms. The van der Waals surface area contributed by atoms with E-state index in [-0.39, 0.29) is 5.82 Å². The molecule has 1 saturated carbocycles. The minimum Gasteiger partial charge on any atom is -0.381 e. The van der Waals surface area contributed by atoms with Crippen molar-refractivity contribution < 1.29 is 4.39 Å². The highest BCUT2D eigenvalue weighted by molar-refractivity contribution is 9.10. The molecule has 0 atom stereocenters. The molecule has 0 bridgehead atoms. The zero-order valence-corrected chi connectivity index (χ0v) is 12.0. The molecule has 17 heavy (non-hydrogen) atoms. The molecular formula is C14H19BrFN. The smallest absolute Gasteiger partial charge is 0.124 e. The molecule has 1 aromatic carbocycles. The Hall–Kier alpha value is -0.570. The van der Waals surface area contributed by atoms with Crippen LogP contribution < -0.4 is 5.32 Å². The molecule has 0 radical (unpaired) electrons. The number of hydrogen-bond acceptors (Lipinski definition) is 1. The van der Waals surface area contributed by atoms with Gasteiger partial charge in [-0.3, -0.25) is 0 Å². The number of halogens is 2. The molecule has 1 aliphatic rings. The van der Waals surface area contributed by atoms with Crippen molar-refractivity contribution in [2.24, 2.45) is 5.41 Å². The third-order valence-electron chi connectivity index (χ3n) is 3.63. The summed E-state index contributed by atoms with van der Waals surface area (Å²) in [5.41, 5.74) is 1.48. The first-order valence-electron chi connectivity index (χ1n) is 6.18. The van der Waals surface area contributed by atoms with Gasteiger partial charge in [-0.05, 0) is 65.2 Å². The van der Waals surface area contributed by atoms with E-state index in [1.165, 1.54) is 37.8 Å². The molecule has 0 amide bonds. The van der Waals surface area contributed by atoms with Crippen LogP contribution in [0.3, 0.4) is 0 Å². The van der Waals surface area contributed by atoms with Crippen LogP contribution >= 0.6 is 15.9 Å². The van der Waals surface area contributed by atoms with Crippen molar-refractivity contribution in [1.82, 2.24) is 0 Å². The zero-order valence-electron chi connectivity index (χ0n) is 10.4. The summed E-state index contributed by atoms with van der Waals surface area (Å²) in [6.45, 7) is 4.66. The average Bonchev–Trinajstić information content (AvgIpc) is 2.25. The number of benzene rings is 1. The molecule has 1 fully saturated rings. The SMILES string of the molecule is CC1(C)CCC(Nc2ccc(F)cc2Br)CC1. The van der Waals surface area contributed by atoms with Crippen LogP contribution in [0.1, 0.15) is 39.5 Å². The molecule has 94 valence electrons. The van der Waals surface area contributed by atoms with Crippen LogP contribution in [0.4, 0.5) is 10.1 Å². The van der Waals surface area contributed by atoms with Crippen molar-refractivity contribution >= 4 is 21.6 Å². The van der Waals surface area contributed by atoms with E-state index < -0.39 is 0 Å². The fraction of sp³-hybridized carbons (Fsp3) is 0.571. The van der Waals surface area contributed by atoms with Crippen LogP contribution in [0.2, 0.25) is 0 Å². The Morgan fingerprint density at radius 3 is 2.53 bits per heavy atom. The molecule has 0 aliphatic heterocycles. The van der Waals surface area contributed by atoms with Crippen molar-refractivity contribution in [3.05, 3.63) is 28.5 Å². The third kappa shape index (κ3) is 3.44. The Kier molecular flexibility index (Phi) is 3.76. The van der Waals surface area contributed by atoms with E-state index in [0.29, 0.717) is 11.5 Å². The van der Waals surface area contributed by atoms with Gasteiger partial charge in [-0.25, -0.2) is 4.39 Å². The standard InChI is InChI=1S/C14H19BrFN/c1-14(2)7-5-11(6-8-14)17-13-4-3-10(16)9-12(13)15/h3-4,9,11,17H,5-8H2,1-2H3. The second-order valence-electron chi connectivity index (χ2n) is 5.71. The van der Waals surface area contributed by atoms with Gasteiger partial charge in [0.25, 0.3) is 0 Å². The predicted molar refractivity (Wildman–Crippen MR) is 73.8 cm³/mol. The van der Waals surface area contributed by atoms with Gasteiger partial charge >= 0.3 is 0 Å². The number of anilines is 1. The molecule has 2 rings (SSSR count). The first-order valence-corrected chi connectivity index (χ1v) is 6.97. The van der Waals surface area contributed by atoms with Crippen molar-refractivity contribution in [3.63, 3.8) is 0 Å². The van der Waals surface area contributed by atoms with Gasteiger partial charge in [0.15, 0.2) is 0 Å². The van der Waals surface area contributed by atoms with Gasteiger partial charge in [-0.15, -0.1) is 0 Å². The molecule has 1 nitrogen and oxygen atoms in total. The van der Waals surface area contributed by atoms with Gasteiger partial charge in [0.2, 0.25) is 0 Å². The summed E-state index contributed by atoms with van der Waals surface area (Å²) >= 11 is 3.39. The molecule has 0 unspecified atom stereocenters. The Morgan fingerprint density at radius 2 is 1.94 bits per heavy atom. The summed E-state index contributed by atoms with van der Waals surface area (Å²) in [6.07, 6.45) is 4.89. The first kappa shape index (κ1) is 12.9. The lowest BCUT2D eigenvalue weighted by Crippen LogP contribution is -2.29. The zero-order chi connectivity index (χ0) is 12.5. The third-order valence-corrected chi connectivity index (χ3v) is 4.29. The summed E-state index contributed by atoms with van der Waals surface area (Å²) in [6, 6.07) is 5.33. The van der Waals surface area contributed by atoms with E-state index in [4.69, 9.17) is 0 Å². The second kappa shape index (κ2) is 4.97. The summed E-state index contributed by atoms with van der Waals surface area (Å²) in [5, 5.41) is 3.50. The van der Waals surface area contributed by atoms with Gasteiger partial charge in [-0.2, -0.15) is 0 Å². The molecule has 0 heterocycles. The highest BCUT2D eigenvalue weighted by Gasteiger charge is 2.26. The van der Waals surface area contributed by atoms with E-state index in [2.05, 4.69) is 35.1 Å². The largest absolute Gasteiger partial charge is 0.381 e. The highest BCUT2D eigenvalue weighted by atomic mass is 79.9. The second-order valence-corrected chi connectivity index (χ2v) is 6.56. The maximum absolute atomic E-state index is 13.0. The number of rotatable bonds is 2. The maximum Gasteiger partial charge on any atom is 0.124 e. The van der Waals surface area contributed by atoms with Gasteiger partial charge in [0.05, 0.1) is 0 Å². The molecule has 1 aromatic rings. The normalized spacial score (nSPS) is 20.2. The fourth-order valence-corrected chi connectivity index (χ4v) is 2.84. The lowest BCUT2D eigenvalue weighted by Gasteiger charge is -2.35. The molecule has 0 aromatic heterocycles. The lowest BCUT2D eigenvalue weighted by molar-refractivity contribution is 0.232. The summed E-state index contributed by atoms with van der Waals surface area (Å²) in [5.74, 6) is -0.202. The van der Waals surface area contributed by atoms with Crippen molar-refractivity contribution in [1.29, 1.82) is 0 Å². The highest BCUT2D eigenvalue weighted by Crippen LogP contribution is 2.36. The summed E-state index contributed by atoms with van der Waals surface area (Å²) in [7, 11) is 0. The summed E-state index contributed by atoms with van der Waals surface area (Å²) < 4.78 is 13.8. The van der Waals surface area contributed by atoms with E-state index in [1.54, 1.807) is 6.07 Å². The Labute approximate surface area is 111 Å². The Bertz CT molecular complexity index is 393. The van der Waals surface area contributed by atoms with E-state index in [9.17, 15) is 4.39 Å². The van der Waals surface area contributed by atoms with Gasteiger partial charge in [0, 0.05) is 16.2 Å². The first-order chi connectivity index (χ1) is 7.96. The van der Waals surface area contributed by atoms with Crippen LogP contribution in [0.15, 0.2) is 22.7 Å². The summed E-state index contributed by atoms with van der Waals surface area (Å²) in [4.78, 5) is 0. The van der Waals surface area contributed by atoms with Crippen LogP contribution in [-0.2, 0) is 0 Å². The quantitative estimate of drug-likeness (QED) is 0.813. The van der Waals surface area contributed by atoms with Crippen LogP contribution in [0.5, 0.6) is 0 Å². The predicted octanol–water partition coefficient (Wildman–Crippen LogP) is 4.97. The average molecular weight is 300 g/mol.